The molecule has 0 spiro atoms. The van der Waals surface area contributed by atoms with E-state index in [0.29, 0.717) is 16.9 Å². The molecule has 168 valence electrons. The summed E-state index contributed by atoms with van der Waals surface area (Å²) in [4.78, 5) is 25.9. The summed E-state index contributed by atoms with van der Waals surface area (Å²) in [6.45, 7) is 9.24. The van der Waals surface area contributed by atoms with Gasteiger partial charge in [-0.05, 0) is 58.4 Å². The first-order valence-corrected chi connectivity index (χ1v) is 12.0. The highest BCUT2D eigenvalue weighted by atomic mass is 32.2. The van der Waals surface area contributed by atoms with Crippen molar-refractivity contribution in [2.24, 2.45) is 0 Å². The minimum absolute atomic E-state index is 0.253. The number of hydrogen-bond acceptors (Lipinski definition) is 4. The molecule has 0 saturated heterocycles. The van der Waals surface area contributed by atoms with Crippen LogP contribution in [0.4, 0.5) is 11.4 Å². The van der Waals surface area contributed by atoms with Gasteiger partial charge in [0, 0.05) is 5.54 Å². The number of para-hydroxylation sites is 1. The lowest BCUT2D eigenvalue weighted by Crippen LogP contribution is -2.47. The third-order valence-corrected chi connectivity index (χ3v) is 5.72. The Morgan fingerprint density at radius 3 is 2.13 bits per heavy atom. The Labute approximate surface area is 184 Å². The van der Waals surface area contributed by atoms with E-state index < -0.39 is 27.5 Å². The van der Waals surface area contributed by atoms with Gasteiger partial charge in [0.25, 0.3) is 5.91 Å². The van der Waals surface area contributed by atoms with Gasteiger partial charge in [-0.3, -0.25) is 13.9 Å². The molecule has 8 heteroatoms. The maximum absolute atomic E-state index is 13.2. The molecular weight excluding hydrogens is 414 g/mol. The SMILES string of the molecule is CCC(C(=O)Nc1ccccc1C(=O)NC(C)(C)C)N(c1ccc(C)cc1)S(C)(=O)=O. The summed E-state index contributed by atoms with van der Waals surface area (Å²) in [6.07, 6.45) is 1.33. The van der Waals surface area contributed by atoms with Crippen LogP contribution in [-0.4, -0.2) is 38.1 Å². The van der Waals surface area contributed by atoms with Gasteiger partial charge in [-0.2, -0.15) is 0 Å². The average molecular weight is 446 g/mol. The number of benzene rings is 2. The van der Waals surface area contributed by atoms with Gasteiger partial charge in [0.05, 0.1) is 23.2 Å². The summed E-state index contributed by atoms with van der Waals surface area (Å²) in [5.41, 5.74) is 1.58. The van der Waals surface area contributed by atoms with Crippen LogP contribution in [0, 0.1) is 6.92 Å². The lowest BCUT2D eigenvalue weighted by Gasteiger charge is -2.30. The van der Waals surface area contributed by atoms with Crippen LogP contribution >= 0.6 is 0 Å². The molecular formula is C23H31N3O4S. The molecule has 31 heavy (non-hydrogen) atoms. The number of sulfonamides is 1. The predicted octanol–water partition coefficient (Wildman–Crippen LogP) is 3.71. The van der Waals surface area contributed by atoms with Gasteiger partial charge in [0.15, 0.2) is 0 Å². The van der Waals surface area contributed by atoms with Crippen molar-refractivity contribution in [1.82, 2.24) is 5.32 Å². The molecule has 2 aromatic rings. The van der Waals surface area contributed by atoms with E-state index in [1.54, 1.807) is 55.5 Å². The van der Waals surface area contributed by atoms with Crippen molar-refractivity contribution >= 4 is 33.2 Å². The third kappa shape index (κ3) is 6.55. The lowest BCUT2D eigenvalue weighted by atomic mass is 10.1. The van der Waals surface area contributed by atoms with Crippen molar-refractivity contribution in [2.75, 3.05) is 15.9 Å². The number of carbonyl (C=O) groups excluding carboxylic acids is 2. The zero-order valence-corrected chi connectivity index (χ0v) is 19.7. The molecule has 2 amide bonds. The van der Waals surface area contributed by atoms with E-state index in [1.165, 1.54) is 0 Å². The fourth-order valence-corrected chi connectivity index (χ4v) is 4.38. The molecule has 1 atom stereocenters. The highest BCUT2D eigenvalue weighted by molar-refractivity contribution is 7.92. The Kier molecular flexibility index (Phi) is 7.49. The summed E-state index contributed by atoms with van der Waals surface area (Å²) in [6, 6.07) is 12.6. The van der Waals surface area contributed by atoms with Crippen molar-refractivity contribution < 1.29 is 18.0 Å². The molecule has 1 unspecified atom stereocenters. The van der Waals surface area contributed by atoms with E-state index in [0.717, 1.165) is 16.1 Å². The van der Waals surface area contributed by atoms with Crippen molar-refractivity contribution in [1.29, 1.82) is 0 Å². The normalized spacial score (nSPS) is 12.7. The minimum atomic E-state index is -3.74. The Hall–Kier alpha value is -2.87. The van der Waals surface area contributed by atoms with Crippen molar-refractivity contribution in [3.63, 3.8) is 0 Å². The molecule has 0 heterocycles. The lowest BCUT2D eigenvalue weighted by molar-refractivity contribution is -0.117. The molecule has 7 nitrogen and oxygen atoms in total. The first-order valence-electron chi connectivity index (χ1n) is 10.1. The van der Waals surface area contributed by atoms with Crippen LogP contribution in [0.15, 0.2) is 48.5 Å². The van der Waals surface area contributed by atoms with E-state index in [2.05, 4.69) is 10.6 Å². The number of anilines is 2. The van der Waals surface area contributed by atoms with Gasteiger partial charge in [0.1, 0.15) is 6.04 Å². The summed E-state index contributed by atoms with van der Waals surface area (Å²) in [5.74, 6) is -0.834. The summed E-state index contributed by atoms with van der Waals surface area (Å²) in [5, 5.41) is 5.63. The summed E-state index contributed by atoms with van der Waals surface area (Å²) < 4.78 is 26.3. The molecule has 0 fully saturated rings. The van der Waals surface area contributed by atoms with Crippen LogP contribution in [0.1, 0.15) is 50.0 Å². The van der Waals surface area contributed by atoms with Gasteiger partial charge in [-0.15, -0.1) is 0 Å². The van der Waals surface area contributed by atoms with Crippen molar-refractivity contribution in [3.05, 3.63) is 59.7 Å². The highest BCUT2D eigenvalue weighted by Gasteiger charge is 2.32. The highest BCUT2D eigenvalue weighted by Crippen LogP contribution is 2.24. The first-order chi connectivity index (χ1) is 14.3. The minimum Gasteiger partial charge on any atom is -0.347 e. The second kappa shape index (κ2) is 9.51. The van der Waals surface area contributed by atoms with Crippen molar-refractivity contribution in [3.8, 4) is 0 Å². The van der Waals surface area contributed by atoms with Gasteiger partial charge in [-0.25, -0.2) is 8.42 Å². The fourth-order valence-electron chi connectivity index (χ4n) is 3.17. The standard InChI is InChI=1S/C23H31N3O4S/c1-7-20(26(31(6,29)30)17-14-12-16(2)13-15-17)22(28)24-19-11-9-8-10-18(19)21(27)25-23(3,4)5/h8-15,20H,7H2,1-6H3,(H,24,28)(H,25,27). The molecule has 0 aliphatic heterocycles. The van der Waals surface area contributed by atoms with Gasteiger partial charge in [0.2, 0.25) is 15.9 Å². The fraction of sp³-hybridized carbons (Fsp3) is 0.391. The molecule has 2 N–H and O–H groups in total. The number of nitrogens with one attached hydrogen (secondary N) is 2. The zero-order chi connectivity index (χ0) is 23.4. The Bertz CT molecular complexity index is 1040. The van der Waals surface area contributed by atoms with E-state index in [4.69, 9.17) is 0 Å². The zero-order valence-electron chi connectivity index (χ0n) is 18.9. The molecule has 0 aromatic heterocycles. The van der Waals surface area contributed by atoms with E-state index >= 15 is 0 Å². The maximum Gasteiger partial charge on any atom is 0.253 e. The van der Waals surface area contributed by atoms with Crippen LogP contribution in [0.25, 0.3) is 0 Å². The van der Waals surface area contributed by atoms with Crippen LogP contribution in [0.5, 0.6) is 0 Å². The Morgan fingerprint density at radius 1 is 1.03 bits per heavy atom. The van der Waals surface area contributed by atoms with Crippen LogP contribution in [0.3, 0.4) is 0 Å². The quantitative estimate of drug-likeness (QED) is 0.679. The molecule has 0 aliphatic rings. The molecule has 2 aromatic carbocycles. The Morgan fingerprint density at radius 2 is 1.61 bits per heavy atom. The molecule has 2 rings (SSSR count). The van der Waals surface area contributed by atoms with Gasteiger partial charge >= 0.3 is 0 Å². The molecule has 0 saturated carbocycles. The van der Waals surface area contributed by atoms with E-state index in [1.807, 2.05) is 27.7 Å². The number of rotatable bonds is 7. The van der Waals surface area contributed by atoms with Gasteiger partial charge < -0.3 is 10.6 Å². The first kappa shape index (κ1) is 24.4. The van der Waals surface area contributed by atoms with Gasteiger partial charge in [-0.1, -0.05) is 36.8 Å². The van der Waals surface area contributed by atoms with Crippen molar-refractivity contribution in [2.45, 2.75) is 52.6 Å². The number of hydrogen-bond donors (Lipinski definition) is 2. The molecule has 0 aliphatic carbocycles. The van der Waals surface area contributed by atoms with E-state index in [-0.39, 0.29) is 12.3 Å². The molecule has 0 bridgehead atoms. The van der Waals surface area contributed by atoms with Crippen LogP contribution in [-0.2, 0) is 14.8 Å². The topological polar surface area (TPSA) is 95.6 Å². The van der Waals surface area contributed by atoms with E-state index in [9.17, 15) is 18.0 Å². The molecule has 0 radical (unpaired) electrons. The monoisotopic (exact) mass is 445 g/mol. The number of amides is 2. The predicted molar refractivity (Wildman–Crippen MR) is 125 cm³/mol. The number of nitrogens with zero attached hydrogens (tertiary/aromatic N) is 1. The Balaban J connectivity index is 2.38. The van der Waals surface area contributed by atoms with Crippen LogP contribution in [0.2, 0.25) is 0 Å². The summed E-state index contributed by atoms with van der Waals surface area (Å²) in [7, 11) is -3.74. The average Bonchev–Trinajstić information content (AvgIpc) is 2.65. The summed E-state index contributed by atoms with van der Waals surface area (Å²) >= 11 is 0. The second-order valence-electron chi connectivity index (χ2n) is 8.56. The third-order valence-electron chi connectivity index (χ3n) is 4.54. The number of aryl methyl sites for hydroxylation is 1. The largest absolute Gasteiger partial charge is 0.347 e. The number of carbonyl (C=O) groups is 2. The second-order valence-corrected chi connectivity index (χ2v) is 10.4. The smallest absolute Gasteiger partial charge is 0.253 e. The van der Waals surface area contributed by atoms with Crippen LogP contribution < -0.4 is 14.9 Å². The maximum atomic E-state index is 13.2.